The third-order valence-corrected chi connectivity index (χ3v) is 3.10. The maximum atomic E-state index is 12.4. The predicted molar refractivity (Wildman–Crippen MR) is 81.3 cm³/mol. The second-order valence-electron chi connectivity index (χ2n) is 4.56. The number of nitro groups is 1. The fourth-order valence-corrected chi connectivity index (χ4v) is 2.19. The topological polar surface area (TPSA) is 96.5 Å². The lowest BCUT2D eigenvalue weighted by atomic mass is 10.1. The number of aromatic nitrogens is 2. The van der Waals surface area contributed by atoms with Crippen LogP contribution in [-0.2, 0) is 9.53 Å². The van der Waals surface area contributed by atoms with Crippen LogP contribution in [0.15, 0.2) is 36.8 Å². The van der Waals surface area contributed by atoms with Crippen LogP contribution < -0.4 is 4.74 Å². The van der Waals surface area contributed by atoms with Crippen LogP contribution in [0.1, 0.15) is 25.5 Å². The molecular formula is C15H17N3O5. The number of imidazole rings is 1. The quantitative estimate of drug-likeness (QED) is 0.441. The Bertz CT molecular complexity index is 698. The molecule has 0 saturated heterocycles. The highest BCUT2D eigenvalue weighted by molar-refractivity contribution is 5.79. The molecule has 0 amide bonds. The van der Waals surface area contributed by atoms with Crippen molar-refractivity contribution in [2.75, 3.05) is 13.2 Å². The Morgan fingerprint density at radius 1 is 1.35 bits per heavy atom. The number of ether oxygens (including phenoxy) is 2. The van der Waals surface area contributed by atoms with Gasteiger partial charge in [0.15, 0.2) is 6.04 Å². The van der Waals surface area contributed by atoms with Gasteiger partial charge in [0.2, 0.25) is 6.33 Å². The Morgan fingerprint density at radius 2 is 2.09 bits per heavy atom. The Balaban J connectivity index is 2.49. The molecule has 1 heterocycles. The molecule has 0 spiro atoms. The molecule has 8 heteroatoms. The van der Waals surface area contributed by atoms with Crippen LogP contribution in [-0.4, -0.2) is 33.7 Å². The SMILES string of the molecule is CCOC(=O)C(c1ccccc1OCC)n1cnc([N+](=O)[O-])c1. The van der Waals surface area contributed by atoms with E-state index in [9.17, 15) is 14.9 Å². The summed E-state index contributed by atoms with van der Waals surface area (Å²) in [5, 5.41) is 10.8. The number of rotatable bonds is 7. The molecule has 0 radical (unpaired) electrons. The molecule has 1 unspecified atom stereocenters. The molecule has 1 aromatic heterocycles. The highest BCUT2D eigenvalue weighted by Crippen LogP contribution is 2.30. The number of hydrogen-bond acceptors (Lipinski definition) is 6. The summed E-state index contributed by atoms with van der Waals surface area (Å²) in [6, 6.07) is 6.09. The van der Waals surface area contributed by atoms with E-state index in [0.717, 1.165) is 0 Å². The first-order valence-corrected chi connectivity index (χ1v) is 7.14. The second kappa shape index (κ2) is 7.39. The van der Waals surface area contributed by atoms with Gasteiger partial charge in [-0.3, -0.25) is 4.57 Å². The molecule has 0 aliphatic heterocycles. The average molecular weight is 319 g/mol. The molecule has 0 aliphatic rings. The largest absolute Gasteiger partial charge is 0.493 e. The van der Waals surface area contributed by atoms with Crippen LogP contribution in [0, 0.1) is 10.1 Å². The van der Waals surface area contributed by atoms with Gasteiger partial charge in [0, 0.05) is 5.56 Å². The highest BCUT2D eigenvalue weighted by atomic mass is 16.6. The molecule has 0 bridgehead atoms. The van der Waals surface area contributed by atoms with E-state index in [1.807, 2.05) is 6.92 Å². The third kappa shape index (κ3) is 3.65. The lowest BCUT2D eigenvalue weighted by Gasteiger charge is -2.19. The smallest absolute Gasteiger partial charge is 0.381 e. The van der Waals surface area contributed by atoms with Crippen molar-refractivity contribution in [1.29, 1.82) is 0 Å². The van der Waals surface area contributed by atoms with Gasteiger partial charge in [-0.2, -0.15) is 0 Å². The van der Waals surface area contributed by atoms with Crippen molar-refractivity contribution in [2.45, 2.75) is 19.9 Å². The van der Waals surface area contributed by atoms with Gasteiger partial charge >= 0.3 is 11.8 Å². The van der Waals surface area contributed by atoms with Crippen LogP contribution in [0.5, 0.6) is 5.75 Å². The van der Waals surface area contributed by atoms with Crippen LogP contribution in [0.2, 0.25) is 0 Å². The molecule has 2 rings (SSSR count). The number of hydrogen-bond donors (Lipinski definition) is 0. The second-order valence-corrected chi connectivity index (χ2v) is 4.56. The zero-order valence-electron chi connectivity index (χ0n) is 12.8. The van der Waals surface area contributed by atoms with Gasteiger partial charge in [-0.15, -0.1) is 0 Å². The molecule has 1 aromatic carbocycles. The van der Waals surface area contributed by atoms with Crippen LogP contribution >= 0.6 is 0 Å². The van der Waals surface area contributed by atoms with Crippen molar-refractivity contribution in [3.63, 3.8) is 0 Å². The summed E-state index contributed by atoms with van der Waals surface area (Å²) in [6.07, 6.45) is 2.44. The van der Waals surface area contributed by atoms with Crippen molar-refractivity contribution in [2.24, 2.45) is 0 Å². The van der Waals surface area contributed by atoms with Crippen molar-refractivity contribution in [3.05, 3.63) is 52.5 Å². The summed E-state index contributed by atoms with van der Waals surface area (Å²) in [5.41, 5.74) is 0.556. The lowest BCUT2D eigenvalue weighted by molar-refractivity contribution is -0.389. The molecule has 0 saturated carbocycles. The number of nitrogens with zero attached hydrogens (tertiary/aromatic N) is 3. The van der Waals surface area contributed by atoms with E-state index in [0.29, 0.717) is 17.9 Å². The lowest BCUT2D eigenvalue weighted by Crippen LogP contribution is -2.23. The first-order chi connectivity index (χ1) is 11.1. The zero-order chi connectivity index (χ0) is 16.8. The fourth-order valence-electron chi connectivity index (χ4n) is 2.19. The molecule has 122 valence electrons. The fraction of sp³-hybridized carbons (Fsp3) is 0.333. The molecule has 2 aromatic rings. The van der Waals surface area contributed by atoms with Gasteiger partial charge in [-0.05, 0) is 29.8 Å². The Morgan fingerprint density at radius 3 is 2.70 bits per heavy atom. The number of carbonyl (C=O) groups excluding carboxylic acids is 1. The van der Waals surface area contributed by atoms with Crippen molar-refractivity contribution >= 4 is 11.8 Å². The first-order valence-electron chi connectivity index (χ1n) is 7.14. The minimum atomic E-state index is -0.904. The van der Waals surface area contributed by atoms with Crippen molar-refractivity contribution in [1.82, 2.24) is 9.55 Å². The first kappa shape index (κ1) is 16.5. The van der Waals surface area contributed by atoms with E-state index in [2.05, 4.69) is 4.98 Å². The maximum absolute atomic E-state index is 12.4. The van der Waals surface area contributed by atoms with Gasteiger partial charge in [-0.1, -0.05) is 18.2 Å². The number of benzene rings is 1. The molecular weight excluding hydrogens is 302 g/mol. The number of esters is 1. The van der Waals surface area contributed by atoms with Crippen LogP contribution in [0.4, 0.5) is 5.82 Å². The zero-order valence-corrected chi connectivity index (χ0v) is 12.8. The molecule has 0 fully saturated rings. The van der Waals surface area contributed by atoms with E-state index >= 15 is 0 Å². The minimum Gasteiger partial charge on any atom is -0.493 e. The van der Waals surface area contributed by atoms with Gasteiger partial charge in [0.05, 0.1) is 13.2 Å². The van der Waals surface area contributed by atoms with Crippen molar-refractivity contribution in [3.8, 4) is 5.75 Å². The summed E-state index contributed by atoms with van der Waals surface area (Å²) in [6.45, 7) is 4.15. The Labute approximate surface area is 132 Å². The van der Waals surface area contributed by atoms with Gasteiger partial charge in [-0.25, -0.2) is 4.79 Å². The average Bonchev–Trinajstić information content (AvgIpc) is 3.00. The highest BCUT2D eigenvalue weighted by Gasteiger charge is 2.29. The van der Waals surface area contributed by atoms with E-state index in [1.54, 1.807) is 31.2 Å². The molecule has 0 N–H and O–H groups in total. The summed E-state index contributed by atoms with van der Waals surface area (Å²) < 4.78 is 12.0. The Hall–Kier alpha value is -2.90. The molecule has 8 nitrogen and oxygen atoms in total. The third-order valence-electron chi connectivity index (χ3n) is 3.10. The van der Waals surface area contributed by atoms with Crippen LogP contribution in [0.3, 0.4) is 0 Å². The standard InChI is InChI=1S/C15H17N3O5/c1-3-22-12-8-6-5-7-11(12)14(15(19)23-4-2)17-9-13(16-10-17)18(20)21/h5-10,14H,3-4H2,1-2H3. The van der Waals surface area contributed by atoms with E-state index in [4.69, 9.17) is 9.47 Å². The predicted octanol–water partition coefficient (Wildman–Crippen LogP) is 2.34. The summed E-state index contributed by atoms with van der Waals surface area (Å²) in [7, 11) is 0. The van der Waals surface area contributed by atoms with Crippen LogP contribution in [0.25, 0.3) is 0 Å². The number of carbonyl (C=O) groups is 1. The van der Waals surface area contributed by atoms with Gasteiger partial charge in [0.1, 0.15) is 11.9 Å². The summed E-state index contributed by atoms with van der Waals surface area (Å²) >= 11 is 0. The maximum Gasteiger partial charge on any atom is 0.381 e. The summed E-state index contributed by atoms with van der Waals surface area (Å²) in [4.78, 5) is 26.3. The molecule has 23 heavy (non-hydrogen) atoms. The number of para-hydroxylation sites is 1. The van der Waals surface area contributed by atoms with Crippen molar-refractivity contribution < 1.29 is 19.2 Å². The normalized spacial score (nSPS) is 11.7. The van der Waals surface area contributed by atoms with E-state index < -0.39 is 16.9 Å². The molecule has 0 aliphatic carbocycles. The molecule has 1 atom stereocenters. The monoisotopic (exact) mass is 319 g/mol. The van der Waals surface area contributed by atoms with Gasteiger partial charge in [0.25, 0.3) is 0 Å². The summed E-state index contributed by atoms with van der Waals surface area (Å²) in [5.74, 6) is -0.357. The minimum absolute atomic E-state index is 0.197. The van der Waals surface area contributed by atoms with E-state index in [-0.39, 0.29) is 12.4 Å². The van der Waals surface area contributed by atoms with E-state index in [1.165, 1.54) is 17.1 Å². The Kier molecular flexibility index (Phi) is 5.29. The van der Waals surface area contributed by atoms with Gasteiger partial charge < -0.3 is 19.6 Å².